The first kappa shape index (κ1) is 30.8. The molecule has 0 aliphatic heterocycles. The zero-order valence-electron chi connectivity index (χ0n) is 24.1. The molecule has 0 radical (unpaired) electrons. The fourth-order valence-electron chi connectivity index (χ4n) is 3.99. The van der Waals surface area contributed by atoms with Crippen molar-refractivity contribution in [3.05, 3.63) is 95.6 Å². The van der Waals surface area contributed by atoms with Gasteiger partial charge >= 0.3 is 19.7 Å². The van der Waals surface area contributed by atoms with E-state index in [0.717, 1.165) is 23.8 Å². The van der Waals surface area contributed by atoms with Crippen LogP contribution in [0.25, 0.3) is 0 Å². The molecule has 9 heteroatoms. The van der Waals surface area contributed by atoms with Gasteiger partial charge in [-0.25, -0.2) is 14.2 Å². The number of nitrogens with one attached hydrogen (secondary N) is 1. The standard InChI is InChI=1S/C31H38NO7P/c1-30(2,3)23-17-11-13-19-25(23)38-40(35,39-26-20-14-12-18-24(26)31(4,5)6)27(28(33)36-7)32-29(34)37-21-22-15-9-8-10-16-22/h8-20,27H,21H2,1-7H3,(H,32,34). The van der Waals surface area contributed by atoms with Crippen LogP contribution in [0.4, 0.5) is 4.79 Å². The predicted octanol–water partition coefficient (Wildman–Crippen LogP) is 7.36. The molecule has 0 aromatic heterocycles. The van der Waals surface area contributed by atoms with E-state index in [2.05, 4.69) is 5.32 Å². The van der Waals surface area contributed by atoms with E-state index in [0.29, 0.717) is 0 Å². The molecule has 0 bridgehead atoms. The third-order valence-electron chi connectivity index (χ3n) is 6.05. The zero-order valence-corrected chi connectivity index (χ0v) is 25.0. The van der Waals surface area contributed by atoms with E-state index >= 15 is 0 Å². The summed E-state index contributed by atoms with van der Waals surface area (Å²) in [6.07, 6.45) is -0.986. The van der Waals surface area contributed by atoms with Gasteiger partial charge in [0.25, 0.3) is 5.78 Å². The highest BCUT2D eigenvalue weighted by atomic mass is 31.2. The molecule has 1 amide bonds. The van der Waals surface area contributed by atoms with E-state index in [1.165, 1.54) is 0 Å². The topological polar surface area (TPSA) is 100 Å². The SMILES string of the molecule is COC(=O)C(NC(=O)OCc1ccccc1)P(=O)(Oc1ccccc1C(C)(C)C)Oc1ccccc1C(C)(C)C. The number of alkyl carbamates (subject to hydrolysis) is 1. The second kappa shape index (κ2) is 12.6. The highest BCUT2D eigenvalue weighted by molar-refractivity contribution is 7.56. The molecule has 8 nitrogen and oxygen atoms in total. The van der Waals surface area contributed by atoms with Crippen LogP contribution in [-0.4, -0.2) is 25.0 Å². The highest BCUT2D eigenvalue weighted by Gasteiger charge is 2.48. The smallest absolute Gasteiger partial charge is 0.464 e. The van der Waals surface area contributed by atoms with Crippen LogP contribution in [0.1, 0.15) is 58.2 Å². The van der Waals surface area contributed by atoms with E-state index < -0.39 is 36.3 Å². The van der Waals surface area contributed by atoms with Gasteiger partial charge in [-0.3, -0.25) is 5.32 Å². The molecule has 3 aromatic rings. The average molecular weight is 568 g/mol. The maximum absolute atomic E-state index is 14.8. The highest BCUT2D eigenvalue weighted by Crippen LogP contribution is 2.55. The lowest BCUT2D eigenvalue weighted by molar-refractivity contribution is -0.141. The van der Waals surface area contributed by atoms with Gasteiger partial charge in [-0.15, -0.1) is 0 Å². The number of amides is 1. The molecule has 0 aliphatic carbocycles. The van der Waals surface area contributed by atoms with Crippen LogP contribution in [0.15, 0.2) is 78.9 Å². The van der Waals surface area contributed by atoms with Crippen LogP contribution >= 0.6 is 7.60 Å². The molecule has 0 saturated carbocycles. The van der Waals surface area contributed by atoms with Crippen molar-refractivity contribution in [2.75, 3.05) is 7.11 Å². The van der Waals surface area contributed by atoms with E-state index in [1.54, 1.807) is 36.4 Å². The van der Waals surface area contributed by atoms with E-state index in [4.69, 9.17) is 18.5 Å². The zero-order chi connectivity index (χ0) is 29.6. The minimum Gasteiger partial charge on any atom is -0.467 e. The summed E-state index contributed by atoms with van der Waals surface area (Å²) in [6, 6.07) is 23.1. The fraction of sp³-hybridized carbons (Fsp3) is 0.355. The Labute approximate surface area is 236 Å². The summed E-state index contributed by atoms with van der Waals surface area (Å²) in [5.74, 6) is -2.34. The number of hydrogen-bond donors (Lipinski definition) is 1. The number of hydrogen-bond acceptors (Lipinski definition) is 7. The maximum Gasteiger partial charge on any atom is 0.464 e. The molecular formula is C31H38NO7P. The predicted molar refractivity (Wildman–Crippen MR) is 155 cm³/mol. The van der Waals surface area contributed by atoms with Crippen LogP contribution < -0.4 is 14.4 Å². The van der Waals surface area contributed by atoms with Crippen molar-refractivity contribution in [1.82, 2.24) is 5.32 Å². The summed E-state index contributed by atoms with van der Waals surface area (Å²) in [6.45, 7) is 11.8. The van der Waals surface area contributed by atoms with Crippen LogP contribution in [0.5, 0.6) is 11.5 Å². The van der Waals surface area contributed by atoms with Gasteiger partial charge in [-0.05, 0) is 28.5 Å². The Morgan fingerprint density at radius 3 is 1.65 bits per heavy atom. The molecule has 3 aromatic carbocycles. The van der Waals surface area contributed by atoms with E-state index in [9.17, 15) is 14.2 Å². The molecule has 0 aliphatic rings. The Balaban J connectivity index is 2.07. The molecule has 1 atom stereocenters. The summed E-state index contributed by atoms with van der Waals surface area (Å²) < 4.78 is 37.4. The number of ether oxygens (including phenoxy) is 2. The molecule has 0 heterocycles. The number of rotatable bonds is 9. The normalized spacial score (nSPS) is 12.7. The van der Waals surface area contributed by atoms with Crippen molar-refractivity contribution < 1.29 is 32.7 Å². The minimum atomic E-state index is -4.57. The maximum atomic E-state index is 14.8. The van der Waals surface area contributed by atoms with Crippen molar-refractivity contribution in [1.29, 1.82) is 0 Å². The Morgan fingerprint density at radius 2 is 1.20 bits per heavy atom. The lowest BCUT2D eigenvalue weighted by atomic mass is 9.86. The third kappa shape index (κ3) is 7.89. The molecule has 3 rings (SSSR count). The quantitative estimate of drug-likeness (QED) is 0.213. The molecule has 40 heavy (non-hydrogen) atoms. The van der Waals surface area contributed by atoms with Crippen molar-refractivity contribution in [3.63, 3.8) is 0 Å². The first-order chi connectivity index (χ1) is 18.7. The van der Waals surface area contributed by atoms with Crippen molar-refractivity contribution in [2.45, 2.75) is 64.8 Å². The average Bonchev–Trinajstić information content (AvgIpc) is 2.90. The lowest BCUT2D eigenvalue weighted by Crippen LogP contribution is -2.43. The molecule has 0 saturated heterocycles. The minimum absolute atomic E-state index is 0.0632. The van der Waals surface area contributed by atoms with Crippen molar-refractivity contribution >= 4 is 19.7 Å². The summed E-state index contributed by atoms with van der Waals surface area (Å²) in [5.41, 5.74) is 1.42. The van der Waals surface area contributed by atoms with Gasteiger partial charge in [-0.2, -0.15) is 0 Å². The van der Waals surface area contributed by atoms with Gasteiger partial charge in [-0.1, -0.05) is 108 Å². The summed E-state index contributed by atoms with van der Waals surface area (Å²) in [4.78, 5) is 26.0. The summed E-state index contributed by atoms with van der Waals surface area (Å²) in [5, 5.41) is 2.39. The van der Waals surface area contributed by atoms with Crippen molar-refractivity contribution in [2.24, 2.45) is 0 Å². The van der Waals surface area contributed by atoms with Gasteiger partial charge in [0.15, 0.2) is 0 Å². The molecule has 1 unspecified atom stereocenters. The Kier molecular flexibility index (Phi) is 9.69. The Morgan fingerprint density at radius 1 is 0.750 bits per heavy atom. The van der Waals surface area contributed by atoms with Crippen LogP contribution in [-0.2, 0) is 36.3 Å². The molecule has 1 N–H and O–H groups in total. The number of carbonyl (C=O) groups is 2. The first-order valence-corrected chi connectivity index (χ1v) is 14.6. The van der Waals surface area contributed by atoms with E-state index in [1.807, 2.05) is 84.0 Å². The molecule has 214 valence electrons. The number of para-hydroxylation sites is 2. The van der Waals surface area contributed by atoms with Gasteiger partial charge in [0.1, 0.15) is 18.1 Å². The number of methoxy groups -OCH3 is 1. The second-order valence-electron chi connectivity index (χ2n) is 11.3. The molecule has 0 fully saturated rings. The summed E-state index contributed by atoms with van der Waals surface area (Å²) >= 11 is 0. The molecular weight excluding hydrogens is 529 g/mol. The number of benzene rings is 3. The Hall–Kier alpha value is -3.77. The second-order valence-corrected chi connectivity index (χ2v) is 13.3. The van der Waals surface area contributed by atoms with Gasteiger partial charge in [0.2, 0.25) is 0 Å². The number of esters is 1. The first-order valence-electron chi connectivity index (χ1n) is 13.0. The van der Waals surface area contributed by atoms with Crippen LogP contribution in [0.2, 0.25) is 0 Å². The summed E-state index contributed by atoms with van der Waals surface area (Å²) in [7, 11) is -3.45. The lowest BCUT2D eigenvalue weighted by Gasteiger charge is -2.31. The monoisotopic (exact) mass is 567 g/mol. The van der Waals surface area contributed by atoms with Gasteiger partial charge in [0, 0.05) is 11.1 Å². The number of carbonyl (C=O) groups excluding carboxylic acids is 2. The fourth-order valence-corrected chi connectivity index (χ4v) is 5.73. The largest absolute Gasteiger partial charge is 0.467 e. The Bertz CT molecular complexity index is 1300. The van der Waals surface area contributed by atoms with Gasteiger partial charge < -0.3 is 18.5 Å². The van der Waals surface area contributed by atoms with Gasteiger partial charge in [0.05, 0.1) is 7.11 Å². The van der Waals surface area contributed by atoms with Crippen molar-refractivity contribution in [3.8, 4) is 11.5 Å². The van der Waals surface area contributed by atoms with Crippen LogP contribution in [0, 0.1) is 0 Å². The molecule has 0 spiro atoms. The van der Waals surface area contributed by atoms with E-state index in [-0.39, 0.29) is 18.1 Å². The third-order valence-corrected chi connectivity index (χ3v) is 7.92. The van der Waals surface area contributed by atoms with Crippen LogP contribution in [0.3, 0.4) is 0 Å².